The zero-order valence-corrected chi connectivity index (χ0v) is 9.64. The Balaban J connectivity index is 2.26. The van der Waals surface area contributed by atoms with E-state index in [1.54, 1.807) is 6.33 Å². The highest BCUT2D eigenvalue weighted by atomic mass is 16.3. The van der Waals surface area contributed by atoms with Gasteiger partial charge in [0.05, 0.1) is 18.6 Å². The average Bonchev–Trinajstić information content (AvgIpc) is 2.71. The van der Waals surface area contributed by atoms with Gasteiger partial charge in [-0.2, -0.15) is 0 Å². The van der Waals surface area contributed by atoms with Crippen molar-refractivity contribution >= 4 is 0 Å². The molecule has 0 unspecified atom stereocenters. The van der Waals surface area contributed by atoms with Crippen molar-refractivity contribution in [2.24, 2.45) is 0 Å². The van der Waals surface area contributed by atoms with Gasteiger partial charge in [-0.05, 0) is 30.5 Å². The first kappa shape index (κ1) is 10.9. The second-order valence-corrected chi connectivity index (χ2v) is 4.07. The summed E-state index contributed by atoms with van der Waals surface area (Å²) in [6.45, 7) is 5.05. The predicted molar refractivity (Wildman–Crippen MR) is 63.2 cm³/mol. The molecule has 0 aliphatic rings. The lowest BCUT2D eigenvalue weighted by Gasteiger charge is -2.09. The average molecular weight is 216 g/mol. The molecular formula is C13H16N2O. The van der Waals surface area contributed by atoms with E-state index in [0.29, 0.717) is 5.69 Å². The van der Waals surface area contributed by atoms with Crippen molar-refractivity contribution in [2.45, 2.75) is 27.0 Å². The maximum Gasteiger partial charge on any atom is 0.0953 e. The molecule has 0 spiro atoms. The molecule has 0 saturated heterocycles. The molecule has 1 aromatic carbocycles. The Morgan fingerprint density at radius 2 is 1.94 bits per heavy atom. The van der Waals surface area contributed by atoms with Crippen molar-refractivity contribution in [1.82, 2.24) is 9.55 Å². The van der Waals surface area contributed by atoms with Gasteiger partial charge in [0.25, 0.3) is 0 Å². The Hall–Kier alpha value is -1.61. The van der Waals surface area contributed by atoms with Crippen LogP contribution in [-0.2, 0) is 13.2 Å². The lowest BCUT2D eigenvalue weighted by molar-refractivity contribution is 0.277. The quantitative estimate of drug-likeness (QED) is 0.852. The Kier molecular flexibility index (Phi) is 3.06. The van der Waals surface area contributed by atoms with E-state index in [1.165, 1.54) is 16.7 Å². The van der Waals surface area contributed by atoms with Gasteiger partial charge >= 0.3 is 0 Å². The van der Waals surface area contributed by atoms with Gasteiger partial charge in [-0.15, -0.1) is 0 Å². The number of hydrogen-bond acceptors (Lipinski definition) is 2. The van der Waals surface area contributed by atoms with Gasteiger partial charge in [0.15, 0.2) is 0 Å². The third kappa shape index (κ3) is 2.14. The molecule has 0 aliphatic carbocycles. The molecule has 0 radical (unpaired) electrons. The highest BCUT2D eigenvalue weighted by molar-refractivity contribution is 5.33. The molecule has 1 N–H and O–H groups in total. The SMILES string of the molecule is Cc1cccc(C)c1Cn1cnc(CO)c1. The smallest absolute Gasteiger partial charge is 0.0953 e. The Morgan fingerprint density at radius 3 is 2.50 bits per heavy atom. The second kappa shape index (κ2) is 4.49. The maximum atomic E-state index is 8.95. The first-order chi connectivity index (χ1) is 7.70. The number of benzene rings is 1. The molecular weight excluding hydrogens is 200 g/mol. The van der Waals surface area contributed by atoms with Crippen LogP contribution in [0.25, 0.3) is 0 Å². The molecule has 3 heteroatoms. The van der Waals surface area contributed by atoms with E-state index < -0.39 is 0 Å². The summed E-state index contributed by atoms with van der Waals surface area (Å²) in [5.41, 5.74) is 4.62. The van der Waals surface area contributed by atoms with Crippen LogP contribution in [0, 0.1) is 13.8 Å². The topological polar surface area (TPSA) is 38.0 Å². The van der Waals surface area contributed by atoms with E-state index in [2.05, 4.69) is 37.0 Å². The van der Waals surface area contributed by atoms with E-state index >= 15 is 0 Å². The van der Waals surface area contributed by atoms with Crippen LogP contribution < -0.4 is 0 Å². The fraction of sp³-hybridized carbons (Fsp3) is 0.308. The lowest BCUT2D eigenvalue weighted by atomic mass is 10.0. The molecule has 0 aliphatic heterocycles. The fourth-order valence-corrected chi connectivity index (χ4v) is 1.86. The van der Waals surface area contributed by atoms with Crippen molar-refractivity contribution in [3.05, 3.63) is 53.1 Å². The number of nitrogens with zero attached hydrogens (tertiary/aromatic N) is 2. The van der Waals surface area contributed by atoms with Crippen molar-refractivity contribution in [3.8, 4) is 0 Å². The third-order valence-electron chi connectivity index (χ3n) is 2.83. The molecule has 0 saturated carbocycles. The van der Waals surface area contributed by atoms with Crippen molar-refractivity contribution in [3.63, 3.8) is 0 Å². The second-order valence-electron chi connectivity index (χ2n) is 4.07. The maximum absolute atomic E-state index is 8.95. The van der Waals surface area contributed by atoms with Crippen LogP contribution >= 0.6 is 0 Å². The number of aryl methyl sites for hydroxylation is 2. The highest BCUT2D eigenvalue weighted by Gasteiger charge is 2.03. The van der Waals surface area contributed by atoms with Crippen molar-refractivity contribution in [2.75, 3.05) is 0 Å². The van der Waals surface area contributed by atoms with Crippen molar-refractivity contribution in [1.29, 1.82) is 0 Å². The minimum Gasteiger partial charge on any atom is -0.390 e. The lowest BCUT2D eigenvalue weighted by Crippen LogP contribution is -2.01. The Morgan fingerprint density at radius 1 is 1.25 bits per heavy atom. The molecule has 84 valence electrons. The number of hydrogen-bond donors (Lipinski definition) is 1. The first-order valence-corrected chi connectivity index (χ1v) is 5.37. The van der Waals surface area contributed by atoms with Crippen LogP contribution in [-0.4, -0.2) is 14.7 Å². The third-order valence-corrected chi connectivity index (χ3v) is 2.83. The summed E-state index contributed by atoms with van der Waals surface area (Å²) in [4.78, 5) is 4.10. The molecule has 2 aromatic rings. The summed E-state index contributed by atoms with van der Waals surface area (Å²) >= 11 is 0. The summed E-state index contributed by atoms with van der Waals surface area (Å²) in [6, 6.07) is 6.31. The Bertz CT molecular complexity index is 468. The number of aliphatic hydroxyl groups is 1. The molecule has 16 heavy (non-hydrogen) atoms. The molecule has 0 bridgehead atoms. The monoisotopic (exact) mass is 216 g/mol. The summed E-state index contributed by atoms with van der Waals surface area (Å²) in [6.07, 6.45) is 3.64. The van der Waals surface area contributed by atoms with Crippen molar-refractivity contribution < 1.29 is 5.11 Å². The van der Waals surface area contributed by atoms with Gasteiger partial charge in [0.1, 0.15) is 0 Å². The van der Waals surface area contributed by atoms with Crippen LogP contribution in [0.1, 0.15) is 22.4 Å². The van der Waals surface area contributed by atoms with Gasteiger partial charge in [-0.3, -0.25) is 0 Å². The van der Waals surface area contributed by atoms with E-state index in [0.717, 1.165) is 6.54 Å². The van der Waals surface area contributed by atoms with Gasteiger partial charge < -0.3 is 9.67 Å². The molecule has 1 heterocycles. The summed E-state index contributed by atoms with van der Waals surface area (Å²) in [7, 11) is 0. The van der Waals surface area contributed by atoms with E-state index in [4.69, 9.17) is 5.11 Å². The summed E-state index contributed by atoms with van der Waals surface area (Å²) < 4.78 is 2.00. The van der Waals surface area contributed by atoms with E-state index in [-0.39, 0.29) is 6.61 Å². The number of aromatic nitrogens is 2. The number of aliphatic hydroxyl groups excluding tert-OH is 1. The van der Waals surface area contributed by atoms with Gasteiger partial charge in [0, 0.05) is 12.7 Å². The zero-order chi connectivity index (χ0) is 11.5. The van der Waals surface area contributed by atoms with Gasteiger partial charge in [0.2, 0.25) is 0 Å². The number of imidazole rings is 1. The molecule has 0 fully saturated rings. The van der Waals surface area contributed by atoms with Crippen LogP contribution in [0.15, 0.2) is 30.7 Å². The molecule has 0 atom stereocenters. The van der Waals surface area contributed by atoms with Gasteiger partial charge in [-0.1, -0.05) is 18.2 Å². The fourth-order valence-electron chi connectivity index (χ4n) is 1.86. The first-order valence-electron chi connectivity index (χ1n) is 5.37. The highest BCUT2D eigenvalue weighted by Crippen LogP contribution is 2.14. The van der Waals surface area contributed by atoms with Crippen LogP contribution in [0.3, 0.4) is 0 Å². The van der Waals surface area contributed by atoms with E-state index in [9.17, 15) is 0 Å². The molecule has 2 rings (SSSR count). The summed E-state index contributed by atoms with van der Waals surface area (Å²) in [5.74, 6) is 0. The number of rotatable bonds is 3. The molecule has 1 aromatic heterocycles. The van der Waals surface area contributed by atoms with Crippen LogP contribution in [0.4, 0.5) is 0 Å². The predicted octanol–water partition coefficient (Wildman–Crippen LogP) is 2.04. The molecule has 0 amide bonds. The minimum absolute atomic E-state index is 0.000244. The van der Waals surface area contributed by atoms with Crippen LogP contribution in [0.5, 0.6) is 0 Å². The zero-order valence-electron chi connectivity index (χ0n) is 9.64. The van der Waals surface area contributed by atoms with E-state index in [1.807, 2.05) is 10.8 Å². The van der Waals surface area contributed by atoms with Crippen LogP contribution in [0.2, 0.25) is 0 Å². The standard InChI is InChI=1S/C13H16N2O/c1-10-4-3-5-11(2)13(10)7-15-6-12(8-16)14-9-15/h3-6,9,16H,7-8H2,1-2H3. The normalized spacial score (nSPS) is 10.7. The largest absolute Gasteiger partial charge is 0.390 e. The summed E-state index contributed by atoms with van der Waals surface area (Å²) in [5, 5.41) is 8.95. The van der Waals surface area contributed by atoms with Gasteiger partial charge in [-0.25, -0.2) is 4.98 Å². The molecule has 3 nitrogen and oxygen atoms in total. The Labute approximate surface area is 95.4 Å². The minimum atomic E-state index is -0.000244.